The molecule has 2 unspecified atom stereocenters. The highest BCUT2D eigenvalue weighted by atomic mass is 35.5. The number of imide groups is 1. The summed E-state index contributed by atoms with van der Waals surface area (Å²) < 4.78 is 34.9. The van der Waals surface area contributed by atoms with Crippen LogP contribution >= 0.6 is 11.6 Å². The quantitative estimate of drug-likeness (QED) is 0.0947. The number of carbonyl (C=O) groups excluding carboxylic acids is 4. The fraction of sp³-hybridized carbons (Fsp3) is 0.571. The monoisotopic (exact) mass is 1160 g/mol. The van der Waals surface area contributed by atoms with Crippen molar-refractivity contribution in [1.29, 1.82) is 0 Å². The number of pyridine rings is 1. The lowest BCUT2D eigenvalue weighted by atomic mass is 9.65. The number of piperazine rings is 2. The zero-order valence-electron chi connectivity index (χ0n) is 48.7. The van der Waals surface area contributed by atoms with E-state index in [-0.39, 0.29) is 71.8 Å². The van der Waals surface area contributed by atoms with Crippen molar-refractivity contribution in [3.05, 3.63) is 76.7 Å². The predicted molar refractivity (Wildman–Crippen MR) is 319 cm³/mol. The molecule has 0 radical (unpaired) electrons. The Balaban J connectivity index is 0.685. The zero-order chi connectivity index (χ0) is 57.8. The molecule has 2 atom stereocenters. The van der Waals surface area contributed by atoms with Crippen LogP contribution in [0, 0.1) is 22.6 Å². The minimum atomic E-state index is -0.615. The summed E-state index contributed by atoms with van der Waals surface area (Å²) in [5.41, 5.74) is 2.73. The van der Waals surface area contributed by atoms with Crippen molar-refractivity contribution in [2.24, 2.45) is 16.7 Å². The molecule has 2 saturated carbocycles. The molecule has 18 nitrogen and oxygen atoms in total. The number of rotatable bonds is 15. The third-order valence-electron chi connectivity index (χ3n) is 19.0. The summed E-state index contributed by atoms with van der Waals surface area (Å²) in [6, 6.07) is 14.3. The molecule has 12 rings (SSSR count). The summed E-state index contributed by atoms with van der Waals surface area (Å²) in [6.45, 7) is 17.4. The Morgan fingerprint density at radius 1 is 0.880 bits per heavy atom. The topological polar surface area (TPSA) is 178 Å². The Morgan fingerprint density at radius 2 is 1.61 bits per heavy atom. The Bertz CT molecular complexity index is 3280. The molecule has 2 aliphatic carbocycles. The molecular weight excluding hydrogens is 1080 g/mol. The molecule has 5 amide bonds. The number of aryl methyl sites for hydroxylation is 1. The number of halogens is 2. The first-order valence-electron chi connectivity index (χ1n) is 30.2. The number of piperidine rings is 1. The lowest BCUT2D eigenvalue weighted by Crippen LogP contribution is -2.57. The molecular formula is C63H79ClFN11O7. The largest absolute Gasteiger partial charge is 0.468 e. The first-order valence-corrected chi connectivity index (χ1v) is 30.5. The Hall–Kier alpha value is -6.41. The fourth-order valence-corrected chi connectivity index (χ4v) is 14.4. The van der Waals surface area contributed by atoms with E-state index in [1.165, 1.54) is 30.6 Å². The molecule has 442 valence electrons. The van der Waals surface area contributed by atoms with E-state index in [0.717, 1.165) is 101 Å². The second-order valence-electron chi connectivity index (χ2n) is 25.7. The van der Waals surface area contributed by atoms with Gasteiger partial charge in [0, 0.05) is 115 Å². The van der Waals surface area contributed by atoms with Gasteiger partial charge in [0.15, 0.2) is 12.6 Å². The summed E-state index contributed by atoms with van der Waals surface area (Å²) in [6.07, 6.45) is 13.0. The highest BCUT2D eigenvalue weighted by Gasteiger charge is 2.47. The van der Waals surface area contributed by atoms with E-state index in [1.54, 1.807) is 31.5 Å². The second kappa shape index (κ2) is 23.2. The van der Waals surface area contributed by atoms with E-state index in [2.05, 4.69) is 38.3 Å². The number of fused-ring (bicyclic) bond motifs is 4. The number of nitrogens with zero attached hydrogens (tertiary/aromatic N) is 9. The van der Waals surface area contributed by atoms with Gasteiger partial charge in [0.2, 0.25) is 11.9 Å². The van der Waals surface area contributed by atoms with E-state index >= 15 is 4.39 Å². The number of amides is 5. The van der Waals surface area contributed by atoms with Crippen molar-refractivity contribution in [2.45, 2.75) is 122 Å². The molecule has 7 aliphatic rings. The zero-order valence-corrected chi connectivity index (χ0v) is 49.5. The summed E-state index contributed by atoms with van der Waals surface area (Å²) in [4.78, 5) is 79.5. The SMILES string of the molecule is CCc1cccc2cc(OCOC)cc(-c3ncc4c(N5CC6CCC(C5)N6C(=O)OC(C)(C)C)nc(NCC5(CN6CCN(CC7CCC8(CC7)CCN(C(=O)c7ccc(Cl)c(N9CCC(=O)NC9=O)c7)CC8)CC6)CC5)nc4c3F)c12. The Morgan fingerprint density at radius 3 is 2.30 bits per heavy atom. The minimum absolute atomic E-state index is 0.0447. The molecule has 2 aromatic heterocycles. The molecule has 3 aromatic carbocycles. The van der Waals surface area contributed by atoms with Crippen molar-refractivity contribution in [3.63, 3.8) is 0 Å². The van der Waals surface area contributed by atoms with Crippen molar-refractivity contribution in [1.82, 2.24) is 39.9 Å². The van der Waals surface area contributed by atoms with Crippen LogP contribution in [0.4, 0.5) is 31.4 Å². The Kier molecular flexibility index (Phi) is 16.0. The molecule has 5 aliphatic heterocycles. The van der Waals surface area contributed by atoms with Crippen molar-refractivity contribution < 1.29 is 37.8 Å². The van der Waals surface area contributed by atoms with Crippen LogP contribution in [0.15, 0.2) is 54.7 Å². The standard InChI is InChI=1S/C63H79ClFN11O7/c1-6-41-8-7-9-42-30-46(82-39-81-5)32-47(52(41)42)54-53(65)55-48(33-66-54)56(74-35-44-11-12-45(36-74)76(44)60(80)83-61(2,3)4)70-58(69-55)67-37-63(19-20-63)38-72-28-26-71(27-29-72)34-40-14-17-62(18-15-40)21-24-73(25-22-62)57(78)43-10-13-49(64)50(31-43)75-23-16-51(77)68-59(75)79/h7-10,13,30-33,40,44-45H,6,11-12,14-29,34-39H2,1-5H3,(H,67,69,70)(H,68,77,79). The van der Waals surface area contributed by atoms with Crippen molar-refractivity contribution in [3.8, 4) is 17.0 Å². The number of methoxy groups -OCH3 is 1. The summed E-state index contributed by atoms with van der Waals surface area (Å²) in [7, 11) is 1.57. The highest BCUT2D eigenvalue weighted by molar-refractivity contribution is 6.34. The maximum atomic E-state index is 17.8. The van der Waals surface area contributed by atoms with Crippen LogP contribution in [0.5, 0.6) is 5.75 Å². The number of hydrogen-bond acceptors (Lipinski definition) is 14. The van der Waals surface area contributed by atoms with Crippen molar-refractivity contribution in [2.75, 3.05) is 108 Å². The molecule has 83 heavy (non-hydrogen) atoms. The minimum Gasteiger partial charge on any atom is -0.468 e. The molecule has 1 spiro atoms. The van der Waals surface area contributed by atoms with Gasteiger partial charge in [-0.2, -0.15) is 4.98 Å². The van der Waals surface area contributed by atoms with Gasteiger partial charge >= 0.3 is 12.1 Å². The number of urea groups is 1. The number of hydrogen-bond donors (Lipinski definition) is 2. The van der Waals surface area contributed by atoms with Crippen LogP contribution in [-0.4, -0.2) is 169 Å². The van der Waals surface area contributed by atoms with Crippen LogP contribution < -0.4 is 25.2 Å². The van der Waals surface area contributed by atoms with Gasteiger partial charge in [-0.3, -0.25) is 29.7 Å². The number of ether oxygens (including phenoxy) is 3. The predicted octanol–water partition coefficient (Wildman–Crippen LogP) is 10.1. The molecule has 7 heterocycles. The van der Waals surface area contributed by atoms with Gasteiger partial charge in [0.25, 0.3) is 5.91 Å². The van der Waals surface area contributed by atoms with Crippen molar-refractivity contribution >= 4 is 74.7 Å². The van der Waals surface area contributed by atoms with Crippen LogP contribution in [0.1, 0.15) is 114 Å². The third-order valence-corrected chi connectivity index (χ3v) is 19.3. The van der Waals surface area contributed by atoms with Gasteiger partial charge in [-0.25, -0.2) is 19.0 Å². The van der Waals surface area contributed by atoms with E-state index < -0.39 is 17.4 Å². The van der Waals surface area contributed by atoms with Crippen LogP contribution in [0.2, 0.25) is 5.02 Å². The number of nitrogens with one attached hydrogen (secondary N) is 2. The lowest BCUT2D eigenvalue weighted by molar-refractivity contribution is -0.120. The van der Waals surface area contributed by atoms with Gasteiger partial charge in [0.1, 0.15) is 28.4 Å². The highest BCUT2D eigenvalue weighted by Crippen LogP contribution is 2.49. The maximum absolute atomic E-state index is 17.8. The first kappa shape index (κ1) is 57.0. The second-order valence-corrected chi connectivity index (χ2v) is 26.1. The van der Waals surface area contributed by atoms with Gasteiger partial charge in [-0.05, 0) is 149 Å². The molecule has 5 saturated heterocycles. The molecule has 2 N–H and O–H groups in total. The third kappa shape index (κ3) is 12.0. The smallest absolute Gasteiger partial charge is 0.410 e. The number of likely N-dealkylation sites (tertiary alicyclic amines) is 1. The van der Waals surface area contributed by atoms with Crippen LogP contribution in [0.3, 0.4) is 0 Å². The van der Waals surface area contributed by atoms with Crippen LogP contribution in [-0.2, 0) is 20.7 Å². The van der Waals surface area contributed by atoms with Gasteiger partial charge in [0.05, 0.1) is 28.2 Å². The van der Waals surface area contributed by atoms with E-state index in [0.29, 0.717) is 83.4 Å². The molecule has 7 fully saturated rings. The normalized spacial score (nSPS) is 22.2. The van der Waals surface area contributed by atoms with E-state index in [1.807, 2.05) is 54.8 Å². The lowest BCUT2D eigenvalue weighted by Gasteiger charge is -2.47. The van der Waals surface area contributed by atoms with Crippen LogP contribution in [0.25, 0.3) is 32.9 Å². The number of anilines is 3. The summed E-state index contributed by atoms with van der Waals surface area (Å²) >= 11 is 6.49. The Labute approximate surface area is 490 Å². The fourth-order valence-electron chi connectivity index (χ4n) is 14.2. The maximum Gasteiger partial charge on any atom is 0.410 e. The van der Waals surface area contributed by atoms with Gasteiger partial charge < -0.3 is 39.1 Å². The summed E-state index contributed by atoms with van der Waals surface area (Å²) in [5.74, 6) is 1.31. The first-order chi connectivity index (χ1) is 40.0. The number of carbonyl (C=O) groups is 4. The van der Waals surface area contributed by atoms with E-state index in [9.17, 15) is 19.2 Å². The average Bonchev–Trinajstić information content (AvgIpc) is 4.39. The average molecular weight is 1160 g/mol. The molecule has 2 bridgehead atoms. The summed E-state index contributed by atoms with van der Waals surface area (Å²) in [5, 5.41) is 8.71. The van der Waals surface area contributed by atoms with Gasteiger partial charge in [-0.1, -0.05) is 36.7 Å². The van der Waals surface area contributed by atoms with E-state index in [4.69, 9.17) is 40.8 Å². The van der Waals surface area contributed by atoms with Gasteiger partial charge in [-0.15, -0.1) is 0 Å². The molecule has 20 heteroatoms. The number of benzene rings is 3. The number of aromatic nitrogens is 3. The molecule has 5 aromatic rings.